The van der Waals surface area contributed by atoms with Crippen LogP contribution >= 0.6 is 0 Å². The van der Waals surface area contributed by atoms with E-state index in [0.717, 1.165) is 18.6 Å². The van der Waals surface area contributed by atoms with E-state index < -0.39 is 0 Å². The number of likely N-dealkylation sites (tertiary alicyclic amines) is 1. The molecule has 0 radical (unpaired) electrons. The number of rotatable bonds is 6. The van der Waals surface area contributed by atoms with Crippen molar-refractivity contribution in [3.8, 4) is 23.1 Å². The first-order valence-corrected chi connectivity index (χ1v) is 10.1. The van der Waals surface area contributed by atoms with Crippen LogP contribution in [0.15, 0.2) is 72.9 Å². The van der Waals surface area contributed by atoms with E-state index in [4.69, 9.17) is 9.47 Å². The van der Waals surface area contributed by atoms with Crippen LogP contribution in [0.25, 0.3) is 0 Å². The van der Waals surface area contributed by atoms with Crippen molar-refractivity contribution in [2.75, 3.05) is 19.7 Å². The second-order valence-corrected chi connectivity index (χ2v) is 7.32. The smallest absolute Gasteiger partial charge is 0.255 e. The maximum Gasteiger partial charge on any atom is 0.255 e. The van der Waals surface area contributed by atoms with Gasteiger partial charge in [0, 0.05) is 32.0 Å². The molecule has 1 saturated heterocycles. The average Bonchev–Trinajstić information content (AvgIpc) is 2.81. The Labute approximate surface area is 175 Å². The van der Waals surface area contributed by atoms with Gasteiger partial charge in [-0.05, 0) is 61.2 Å². The minimum Gasteiger partial charge on any atom is -0.457 e. The van der Waals surface area contributed by atoms with Crippen LogP contribution in [0, 0.1) is 5.92 Å². The van der Waals surface area contributed by atoms with E-state index in [-0.39, 0.29) is 18.4 Å². The van der Waals surface area contributed by atoms with Gasteiger partial charge < -0.3 is 19.5 Å². The fraction of sp³-hybridized carbons (Fsp3) is 0.250. The molecular formula is C24H24N2O4. The van der Waals surface area contributed by atoms with Gasteiger partial charge in [0.15, 0.2) is 0 Å². The highest BCUT2D eigenvalue weighted by Gasteiger charge is 2.24. The van der Waals surface area contributed by atoms with Gasteiger partial charge in [0.2, 0.25) is 5.88 Å². The van der Waals surface area contributed by atoms with Crippen molar-refractivity contribution in [2.45, 2.75) is 12.8 Å². The zero-order chi connectivity index (χ0) is 20.8. The maximum atomic E-state index is 12.7. The third kappa shape index (κ3) is 4.96. The van der Waals surface area contributed by atoms with E-state index in [1.165, 1.54) is 6.20 Å². The SMILES string of the molecule is O=C(c1ccc(Oc2ccc(Oc3ccccc3)cc2)nc1)N1CCCC(CO)C1. The van der Waals surface area contributed by atoms with E-state index in [0.29, 0.717) is 36.0 Å². The summed E-state index contributed by atoms with van der Waals surface area (Å²) in [6.07, 6.45) is 3.41. The molecule has 30 heavy (non-hydrogen) atoms. The molecule has 154 valence electrons. The number of piperidine rings is 1. The molecule has 1 atom stereocenters. The quantitative estimate of drug-likeness (QED) is 0.654. The summed E-state index contributed by atoms with van der Waals surface area (Å²) in [6, 6.07) is 20.2. The van der Waals surface area contributed by atoms with E-state index in [2.05, 4.69) is 4.98 Å². The van der Waals surface area contributed by atoms with Crippen LogP contribution in [0.5, 0.6) is 23.1 Å². The van der Waals surface area contributed by atoms with Gasteiger partial charge in [-0.2, -0.15) is 0 Å². The van der Waals surface area contributed by atoms with Crippen LogP contribution in [0.2, 0.25) is 0 Å². The lowest BCUT2D eigenvalue weighted by Gasteiger charge is -2.31. The summed E-state index contributed by atoms with van der Waals surface area (Å²) in [4.78, 5) is 18.7. The Bertz CT molecular complexity index is 959. The number of benzene rings is 2. The van der Waals surface area contributed by atoms with Crippen LogP contribution in [-0.2, 0) is 0 Å². The average molecular weight is 404 g/mol. The summed E-state index contributed by atoms with van der Waals surface area (Å²) in [7, 11) is 0. The number of para-hydroxylation sites is 1. The van der Waals surface area contributed by atoms with Crippen LogP contribution in [0.4, 0.5) is 0 Å². The highest BCUT2D eigenvalue weighted by Crippen LogP contribution is 2.26. The molecule has 1 unspecified atom stereocenters. The molecule has 0 saturated carbocycles. The van der Waals surface area contributed by atoms with Crippen LogP contribution < -0.4 is 9.47 Å². The van der Waals surface area contributed by atoms with Gasteiger partial charge in [-0.3, -0.25) is 4.79 Å². The summed E-state index contributed by atoms with van der Waals surface area (Å²) in [5.74, 6) is 2.62. The number of carbonyl (C=O) groups is 1. The number of ether oxygens (including phenoxy) is 2. The van der Waals surface area contributed by atoms with E-state index in [1.807, 2.05) is 54.6 Å². The molecular weight excluding hydrogens is 380 g/mol. The molecule has 1 aliphatic rings. The van der Waals surface area contributed by atoms with E-state index in [1.54, 1.807) is 17.0 Å². The third-order valence-electron chi connectivity index (χ3n) is 5.07. The first kappa shape index (κ1) is 19.9. The molecule has 4 rings (SSSR count). The van der Waals surface area contributed by atoms with Crippen molar-refractivity contribution in [1.29, 1.82) is 0 Å². The second-order valence-electron chi connectivity index (χ2n) is 7.32. The molecule has 3 aromatic rings. The van der Waals surface area contributed by atoms with E-state index >= 15 is 0 Å². The number of aromatic nitrogens is 1. The first-order valence-electron chi connectivity index (χ1n) is 10.1. The van der Waals surface area contributed by atoms with Crippen LogP contribution in [0.3, 0.4) is 0 Å². The zero-order valence-corrected chi connectivity index (χ0v) is 16.6. The zero-order valence-electron chi connectivity index (χ0n) is 16.6. The van der Waals surface area contributed by atoms with Gasteiger partial charge in [-0.15, -0.1) is 0 Å². The monoisotopic (exact) mass is 404 g/mol. The Balaban J connectivity index is 1.36. The standard InChI is InChI=1S/C24H24N2O4/c27-17-18-5-4-14-26(16-18)24(28)19-8-13-23(25-15-19)30-22-11-9-21(10-12-22)29-20-6-2-1-3-7-20/h1-3,6-13,15,18,27H,4-5,14,16-17H2. The van der Waals surface area contributed by atoms with Gasteiger partial charge in [-0.1, -0.05) is 18.2 Å². The van der Waals surface area contributed by atoms with Crippen molar-refractivity contribution in [3.05, 3.63) is 78.5 Å². The van der Waals surface area contributed by atoms with Crippen molar-refractivity contribution in [2.24, 2.45) is 5.92 Å². The number of carbonyl (C=O) groups excluding carboxylic acids is 1. The second kappa shape index (κ2) is 9.41. The van der Waals surface area contributed by atoms with Gasteiger partial charge in [0.05, 0.1) is 5.56 Å². The lowest BCUT2D eigenvalue weighted by atomic mass is 9.98. The van der Waals surface area contributed by atoms with Crippen molar-refractivity contribution >= 4 is 5.91 Å². The molecule has 6 heteroatoms. The minimum absolute atomic E-state index is 0.0605. The number of nitrogens with zero attached hydrogens (tertiary/aromatic N) is 2. The van der Waals surface area contributed by atoms with Gasteiger partial charge in [-0.25, -0.2) is 4.98 Å². The Hall–Kier alpha value is -3.38. The highest BCUT2D eigenvalue weighted by atomic mass is 16.5. The van der Waals surface area contributed by atoms with E-state index in [9.17, 15) is 9.90 Å². The number of aliphatic hydroxyl groups is 1. The number of hydrogen-bond donors (Lipinski definition) is 1. The molecule has 1 aliphatic heterocycles. The molecule has 0 bridgehead atoms. The molecule has 1 amide bonds. The lowest BCUT2D eigenvalue weighted by Crippen LogP contribution is -2.40. The van der Waals surface area contributed by atoms with Crippen LogP contribution in [-0.4, -0.2) is 40.6 Å². The Morgan fingerprint density at radius 3 is 2.33 bits per heavy atom. The molecule has 2 aromatic carbocycles. The molecule has 0 aliphatic carbocycles. The van der Waals surface area contributed by atoms with Crippen molar-refractivity contribution in [1.82, 2.24) is 9.88 Å². The lowest BCUT2D eigenvalue weighted by molar-refractivity contribution is 0.0620. The fourth-order valence-electron chi connectivity index (χ4n) is 3.47. The summed E-state index contributed by atoms with van der Waals surface area (Å²) in [6.45, 7) is 1.42. The van der Waals surface area contributed by atoms with Gasteiger partial charge in [0.1, 0.15) is 17.2 Å². The Morgan fingerprint density at radius 1 is 0.967 bits per heavy atom. The normalized spacial score (nSPS) is 16.2. The summed E-state index contributed by atoms with van der Waals surface area (Å²) >= 11 is 0. The highest BCUT2D eigenvalue weighted by molar-refractivity contribution is 5.94. The topological polar surface area (TPSA) is 71.9 Å². The summed E-state index contributed by atoms with van der Waals surface area (Å²) in [5.41, 5.74) is 0.521. The van der Waals surface area contributed by atoms with Crippen molar-refractivity contribution in [3.63, 3.8) is 0 Å². The maximum absolute atomic E-state index is 12.7. The number of pyridine rings is 1. The molecule has 6 nitrogen and oxygen atoms in total. The first-order chi connectivity index (χ1) is 14.7. The molecule has 1 fully saturated rings. The number of amides is 1. The summed E-state index contributed by atoms with van der Waals surface area (Å²) in [5, 5.41) is 9.35. The Morgan fingerprint density at radius 2 is 1.67 bits per heavy atom. The van der Waals surface area contributed by atoms with Crippen molar-refractivity contribution < 1.29 is 19.4 Å². The third-order valence-corrected chi connectivity index (χ3v) is 5.07. The predicted molar refractivity (Wildman–Crippen MR) is 113 cm³/mol. The largest absolute Gasteiger partial charge is 0.457 e. The predicted octanol–water partition coefficient (Wildman–Crippen LogP) is 4.51. The Kier molecular flexibility index (Phi) is 6.25. The minimum atomic E-state index is -0.0605. The number of hydrogen-bond acceptors (Lipinski definition) is 5. The van der Waals surface area contributed by atoms with Crippen LogP contribution in [0.1, 0.15) is 23.2 Å². The van der Waals surface area contributed by atoms with Gasteiger partial charge in [0.25, 0.3) is 5.91 Å². The number of aliphatic hydroxyl groups excluding tert-OH is 1. The molecule has 1 aromatic heterocycles. The van der Waals surface area contributed by atoms with Gasteiger partial charge >= 0.3 is 0 Å². The molecule has 1 N–H and O–H groups in total. The molecule has 0 spiro atoms. The molecule has 2 heterocycles. The summed E-state index contributed by atoms with van der Waals surface area (Å²) < 4.78 is 11.5. The fourth-order valence-corrected chi connectivity index (χ4v) is 3.47.